The van der Waals surface area contributed by atoms with E-state index >= 15 is 0 Å². The van der Waals surface area contributed by atoms with Crippen LogP contribution in [0.2, 0.25) is 0 Å². The van der Waals surface area contributed by atoms with Gasteiger partial charge in [-0.3, -0.25) is 0 Å². The van der Waals surface area contributed by atoms with Gasteiger partial charge in [0.05, 0.1) is 6.61 Å². The highest BCUT2D eigenvalue weighted by molar-refractivity contribution is 4.87. The quantitative estimate of drug-likeness (QED) is 0.527. The van der Waals surface area contributed by atoms with Crippen molar-refractivity contribution in [2.75, 3.05) is 13.2 Å². The average Bonchev–Trinajstić information content (AvgIpc) is 2.50. The van der Waals surface area contributed by atoms with Gasteiger partial charge in [0.25, 0.3) is 0 Å². The molecule has 1 saturated carbocycles. The lowest BCUT2D eigenvalue weighted by Gasteiger charge is -2.06. The molecule has 1 aliphatic carbocycles. The van der Waals surface area contributed by atoms with E-state index in [1.165, 1.54) is 12.8 Å². The summed E-state index contributed by atoms with van der Waals surface area (Å²) in [4.78, 5) is 0. The van der Waals surface area contributed by atoms with E-state index in [0.29, 0.717) is 5.41 Å². The molecule has 1 rings (SSSR count). The van der Waals surface area contributed by atoms with E-state index in [9.17, 15) is 0 Å². The van der Waals surface area contributed by atoms with E-state index in [2.05, 4.69) is 13.8 Å². The molecule has 1 heteroatoms. The molecule has 0 heterocycles. The Morgan fingerprint density at radius 2 is 2.11 bits per heavy atom. The zero-order valence-electron chi connectivity index (χ0n) is 6.44. The molecule has 0 atom stereocenters. The molecule has 0 aromatic heterocycles. The fraction of sp³-hybridized carbons (Fsp3) is 1.00. The van der Waals surface area contributed by atoms with Crippen LogP contribution in [0.4, 0.5) is 0 Å². The normalized spacial score (nSPS) is 22.0. The van der Waals surface area contributed by atoms with Crippen LogP contribution in [-0.4, -0.2) is 13.2 Å². The minimum Gasteiger partial charge on any atom is -0.381 e. The van der Waals surface area contributed by atoms with Crippen LogP contribution in [0, 0.1) is 5.41 Å². The van der Waals surface area contributed by atoms with Gasteiger partial charge in [-0.05, 0) is 24.7 Å². The van der Waals surface area contributed by atoms with E-state index in [1.54, 1.807) is 0 Å². The lowest BCUT2D eigenvalue weighted by atomic mass is 10.2. The molecular weight excluding hydrogens is 112 g/mol. The molecule has 0 N–H and O–H groups in total. The summed E-state index contributed by atoms with van der Waals surface area (Å²) < 4.78 is 5.41. The summed E-state index contributed by atoms with van der Waals surface area (Å²) in [5.41, 5.74) is 0.579. The summed E-state index contributed by atoms with van der Waals surface area (Å²) in [7, 11) is 0. The standard InChI is InChI=1S/C8H16O/c1-3-6-9-7-8(2)4-5-8/h3-7H2,1-2H3. The Morgan fingerprint density at radius 3 is 2.56 bits per heavy atom. The second-order valence-electron chi connectivity index (χ2n) is 3.36. The number of rotatable bonds is 4. The van der Waals surface area contributed by atoms with Crippen LogP contribution in [0.1, 0.15) is 33.1 Å². The summed E-state index contributed by atoms with van der Waals surface area (Å²) >= 11 is 0. The maximum atomic E-state index is 5.41. The SMILES string of the molecule is CCCOCC1(C)CC1. The zero-order chi connectivity index (χ0) is 6.74. The smallest absolute Gasteiger partial charge is 0.0519 e. The van der Waals surface area contributed by atoms with Crippen molar-refractivity contribution in [3.63, 3.8) is 0 Å². The van der Waals surface area contributed by atoms with Gasteiger partial charge < -0.3 is 4.74 Å². The van der Waals surface area contributed by atoms with Crippen LogP contribution in [0.25, 0.3) is 0 Å². The second kappa shape index (κ2) is 2.70. The summed E-state index contributed by atoms with van der Waals surface area (Å²) in [6, 6.07) is 0. The molecule has 0 radical (unpaired) electrons. The van der Waals surface area contributed by atoms with E-state index < -0.39 is 0 Å². The lowest BCUT2D eigenvalue weighted by molar-refractivity contribution is 0.0971. The molecule has 1 aliphatic rings. The zero-order valence-corrected chi connectivity index (χ0v) is 6.44. The molecular formula is C8H16O. The molecule has 0 bridgehead atoms. The van der Waals surface area contributed by atoms with Crippen LogP contribution in [0.5, 0.6) is 0 Å². The third-order valence-corrected chi connectivity index (χ3v) is 1.90. The molecule has 1 fully saturated rings. The van der Waals surface area contributed by atoms with Crippen molar-refractivity contribution < 1.29 is 4.74 Å². The monoisotopic (exact) mass is 128 g/mol. The largest absolute Gasteiger partial charge is 0.381 e. The average molecular weight is 128 g/mol. The Kier molecular flexibility index (Phi) is 2.12. The summed E-state index contributed by atoms with van der Waals surface area (Å²) in [5.74, 6) is 0. The van der Waals surface area contributed by atoms with Gasteiger partial charge in [0.15, 0.2) is 0 Å². The molecule has 0 aliphatic heterocycles. The van der Waals surface area contributed by atoms with Gasteiger partial charge in [0.2, 0.25) is 0 Å². The first-order valence-corrected chi connectivity index (χ1v) is 3.85. The first-order chi connectivity index (χ1) is 4.27. The Morgan fingerprint density at radius 1 is 1.44 bits per heavy atom. The molecule has 0 unspecified atom stereocenters. The number of hydrogen-bond donors (Lipinski definition) is 0. The third kappa shape index (κ3) is 2.35. The maximum absolute atomic E-state index is 5.41. The van der Waals surface area contributed by atoms with E-state index in [4.69, 9.17) is 4.74 Å². The van der Waals surface area contributed by atoms with E-state index in [0.717, 1.165) is 19.6 Å². The van der Waals surface area contributed by atoms with E-state index in [1.807, 2.05) is 0 Å². The number of ether oxygens (including phenoxy) is 1. The van der Waals surface area contributed by atoms with Gasteiger partial charge in [-0.1, -0.05) is 13.8 Å². The van der Waals surface area contributed by atoms with Gasteiger partial charge in [-0.2, -0.15) is 0 Å². The second-order valence-corrected chi connectivity index (χ2v) is 3.36. The van der Waals surface area contributed by atoms with Crippen molar-refractivity contribution in [3.05, 3.63) is 0 Å². The highest BCUT2D eigenvalue weighted by atomic mass is 16.5. The molecule has 0 spiro atoms. The van der Waals surface area contributed by atoms with Gasteiger partial charge in [0, 0.05) is 6.61 Å². The lowest BCUT2D eigenvalue weighted by Crippen LogP contribution is -2.06. The van der Waals surface area contributed by atoms with Crippen LogP contribution in [0.3, 0.4) is 0 Å². The van der Waals surface area contributed by atoms with Crippen molar-refractivity contribution in [1.29, 1.82) is 0 Å². The molecule has 0 aromatic rings. The molecule has 0 amide bonds. The van der Waals surface area contributed by atoms with Crippen LogP contribution in [0.15, 0.2) is 0 Å². The highest BCUT2D eigenvalue weighted by Gasteiger charge is 2.37. The predicted molar refractivity (Wildman–Crippen MR) is 38.5 cm³/mol. The Hall–Kier alpha value is -0.0400. The van der Waals surface area contributed by atoms with Crippen molar-refractivity contribution >= 4 is 0 Å². The van der Waals surface area contributed by atoms with Gasteiger partial charge in [-0.15, -0.1) is 0 Å². The highest BCUT2D eigenvalue weighted by Crippen LogP contribution is 2.44. The van der Waals surface area contributed by atoms with Crippen molar-refractivity contribution in [2.24, 2.45) is 5.41 Å². The first-order valence-electron chi connectivity index (χ1n) is 3.85. The predicted octanol–water partition coefficient (Wildman–Crippen LogP) is 2.21. The first kappa shape index (κ1) is 7.07. The van der Waals surface area contributed by atoms with E-state index in [-0.39, 0.29) is 0 Å². The number of hydrogen-bond acceptors (Lipinski definition) is 1. The molecule has 54 valence electrons. The summed E-state index contributed by atoms with van der Waals surface area (Å²) in [6.45, 7) is 6.37. The maximum Gasteiger partial charge on any atom is 0.0519 e. The van der Waals surface area contributed by atoms with Gasteiger partial charge >= 0.3 is 0 Å². The minimum atomic E-state index is 0.579. The fourth-order valence-corrected chi connectivity index (χ4v) is 0.821. The Bertz CT molecular complexity index is 84.6. The van der Waals surface area contributed by atoms with Crippen LogP contribution < -0.4 is 0 Å². The van der Waals surface area contributed by atoms with Crippen LogP contribution in [-0.2, 0) is 4.74 Å². The van der Waals surface area contributed by atoms with Crippen molar-refractivity contribution in [3.8, 4) is 0 Å². The Labute approximate surface area is 57.4 Å². The minimum absolute atomic E-state index is 0.579. The van der Waals surface area contributed by atoms with Crippen molar-refractivity contribution in [1.82, 2.24) is 0 Å². The Balaban J connectivity index is 1.92. The molecule has 0 saturated heterocycles. The molecule has 0 aromatic carbocycles. The van der Waals surface area contributed by atoms with Crippen LogP contribution >= 0.6 is 0 Å². The summed E-state index contributed by atoms with van der Waals surface area (Å²) in [5, 5.41) is 0. The van der Waals surface area contributed by atoms with Gasteiger partial charge in [0.1, 0.15) is 0 Å². The topological polar surface area (TPSA) is 9.23 Å². The summed E-state index contributed by atoms with van der Waals surface area (Å²) in [6.07, 6.45) is 3.89. The van der Waals surface area contributed by atoms with Gasteiger partial charge in [-0.25, -0.2) is 0 Å². The molecule has 9 heavy (non-hydrogen) atoms. The van der Waals surface area contributed by atoms with Crippen molar-refractivity contribution in [2.45, 2.75) is 33.1 Å². The third-order valence-electron chi connectivity index (χ3n) is 1.90. The fourth-order valence-electron chi connectivity index (χ4n) is 0.821. The molecule has 1 nitrogen and oxygen atoms in total.